The average molecular weight is 251 g/mol. The summed E-state index contributed by atoms with van der Waals surface area (Å²) in [6, 6.07) is 0. The molecule has 1 fully saturated rings. The fourth-order valence-corrected chi connectivity index (χ4v) is 3.90. The minimum atomic E-state index is 0.202. The van der Waals surface area contributed by atoms with Crippen molar-refractivity contribution in [3.05, 3.63) is 16.1 Å². The van der Waals surface area contributed by atoms with Gasteiger partial charge in [0.15, 0.2) is 0 Å². The fourth-order valence-electron chi connectivity index (χ4n) is 2.71. The normalized spacial score (nSPS) is 26.1. The third-order valence-corrected chi connectivity index (χ3v) is 5.01. The molecule has 2 unspecified atom stereocenters. The Morgan fingerprint density at radius 1 is 1.35 bits per heavy atom. The summed E-state index contributed by atoms with van der Waals surface area (Å²) in [6.45, 7) is 9.08. The van der Waals surface area contributed by atoms with Crippen LogP contribution in [0.1, 0.15) is 76.4 Å². The molecule has 1 aromatic rings. The summed E-state index contributed by atoms with van der Waals surface area (Å²) in [5.74, 6) is 1.69. The van der Waals surface area contributed by atoms with Gasteiger partial charge in [0.25, 0.3) is 0 Å². The molecule has 0 saturated heterocycles. The molecule has 2 atom stereocenters. The van der Waals surface area contributed by atoms with Gasteiger partial charge in [0, 0.05) is 16.7 Å². The Bertz CT molecular complexity index is 361. The third kappa shape index (κ3) is 3.09. The van der Waals surface area contributed by atoms with Crippen molar-refractivity contribution in [2.75, 3.05) is 0 Å². The van der Waals surface area contributed by atoms with Gasteiger partial charge >= 0.3 is 0 Å². The van der Waals surface area contributed by atoms with Crippen molar-refractivity contribution in [1.29, 1.82) is 0 Å². The molecule has 1 saturated carbocycles. The van der Waals surface area contributed by atoms with E-state index in [4.69, 9.17) is 4.98 Å². The molecule has 1 aliphatic carbocycles. The molecule has 96 valence electrons. The number of rotatable bonds is 2. The molecule has 17 heavy (non-hydrogen) atoms. The van der Waals surface area contributed by atoms with Crippen LogP contribution >= 0.6 is 11.3 Å². The van der Waals surface area contributed by atoms with Crippen LogP contribution in [0.3, 0.4) is 0 Å². The van der Waals surface area contributed by atoms with Gasteiger partial charge in [-0.2, -0.15) is 0 Å². The van der Waals surface area contributed by atoms with Crippen molar-refractivity contribution in [2.45, 2.75) is 71.1 Å². The SMILES string of the molecule is CCC1CCCC(c2nc(C(C)(C)C)cs2)C1. The van der Waals surface area contributed by atoms with E-state index in [0.29, 0.717) is 0 Å². The molecule has 2 rings (SSSR count). The number of hydrogen-bond acceptors (Lipinski definition) is 2. The van der Waals surface area contributed by atoms with Gasteiger partial charge in [-0.15, -0.1) is 11.3 Å². The van der Waals surface area contributed by atoms with Gasteiger partial charge in [-0.1, -0.05) is 47.0 Å². The zero-order valence-corrected chi connectivity index (χ0v) is 12.4. The molecule has 1 aromatic heterocycles. The highest BCUT2D eigenvalue weighted by molar-refractivity contribution is 7.09. The van der Waals surface area contributed by atoms with Crippen LogP contribution in [0.5, 0.6) is 0 Å². The lowest BCUT2D eigenvalue weighted by Crippen LogP contribution is -2.15. The van der Waals surface area contributed by atoms with Crippen LogP contribution in [0.15, 0.2) is 5.38 Å². The molecule has 0 radical (unpaired) electrons. The summed E-state index contributed by atoms with van der Waals surface area (Å²) in [7, 11) is 0. The fraction of sp³-hybridized carbons (Fsp3) is 0.800. The van der Waals surface area contributed by atoms with E-state index in [-0.39, 0.29) is 5.41 Å². The van der Waals surface area contributed by atoms with E-state index in [2.05, 4.69) is 33.1 Å². The second kappa shape index (κ2) is 5.09. The maximum Gasteiger partial charge on any atom is 0.0959 e. The van der Waals surface area contributed by atoms with Crippen molar-refractivity contribution < 1.29 is 0 Å². The Kier molecular flexibility index (Phi) is 3.92. The number of nitrogens with zero attached hydrogens (tertiary/aromatic N) is 1. The van der Waals surface area contributed by atoms with Crippen molar-refractivity contribution in [1.82, 2.24) is 4.98 Å². The van der Waals surface area contributed by atoms with Crippen LogP contribution in [0.4, 0.5) is 0 Å². The second-order valence-electron chi connectivity index (χ2n) is 6.46. The quantitative estimate of drug-likeness (QED) is 0.710. The maximum atomic E-state index is 4.89. The van der Waals surface area contributed by atoms with E-state index in [1.807, 2.05) is 11.3 Å². The van der Waals surface area contributed by atoms with Crippen molar-refractivity contribution >= 4 is 11.3 Å². The molecule has 1 heterocycles. The van der Waals surface area contributed by atoms with Gasteiger partial charge in [0.05, 0.1) is 10.7 Å². The first-order chi connectivity index (χ1) is 8.00. The van der Waals surface area contributed by atoms with Gasteiger partial charge in [0.2, 0.25) is 0 Å². The summed E-state index contributed by atoms with van der Waals surface area (Å²) >= 11 is 1.88. The molecule has 1 aliphatic rings. The smallest absolute Gasteiger partial charge is 0.0959 e. The zero-order chi connectivity index (χ0) is 12.5. The molecular formula is C15H25NS. The summed E-state index contributed by atoms with van der Waals surface area (Å²) < 4.78 is 0. The van der Waals surface area contributed by atoms with E-state index in [0.717, 1.165) is 11.8 Å². The van der Waals surface area contributed by atoms with Crippen LogP contribution in [0, 0.1) is 5.92 Å². The molecule has 0 bridgehead atoms. The van der Waals surface area contributed by atoms with E-state index in [9.17, 15) is 0 Å². The van der Waals surface area contributed by atoms with Gasteiger partial charge in [-0.3, -0.25) is 0 Å². The van der Waals surface area contributed by atoms with Crippen LogP contribution in [0.25, 0.3) is 0 Å². The Balaban J connectivity index is 2.09. The molecule has 0 aliphatic heterocycles. The lowest BCUT2D eigenvalue weighted by atomic mass is 9.80. The monoisotopic (exact) mass is 251 g/mol. The van der Waals surface area contributed by atoms with Crippen LogP contribution in [-0.2, 0) is 5.41 Å². The molecular weight excluding hydrogens is 226 g/mol. The highest BCUT2D eigenvalue weighted by Gasteiger charge is 2.26. The molecule has 0 spiro atoms. The van der Waals surface area contributed by atoms with Crippen molar-refractivity contribution in [3.63, 3.8) is 0 Å². The van der Waals surface area contributed by atoms with Gasteiger partial charge in [-0.25, -0.2) is 4.98 Å². The van der Waals surface area contributed by atoms with Crippen LogP contribution < -0.4 is 0 Å². The van der Waals surface area contributed by atoms with Crippen molar-refractivity contribution in [2.24, 2.45) is 5.92 Å². The molecule has 1 nitrogen and oxygen atoms in total. The Hall–Kier alpha value is -0.370. The molecule has 0 aromatic carbocycles. The number of aromatic nitrogens is 1. The Morgan fingerprint density at radius 3 is 2.71 bits per heavy atom. The molecule has 2 heteroatoms. The summed E-state index contributed by atoms with van der Waals surface area (Å²) in [6.07, 6.45) is 6.90. The Labute approximate surface area is 110 Å². The lowest BCUT2D eigenvalue weighted by molar-refractivity contribution is 0.313. The summed E-state index contributed by atoms with van der Waals surface area (Å²) in [4.78, 5) is 4.89. The van der Waals surface area contributed by atoms with E-state index in [1.54, 1.807) is 0 Å². The molecule has 0 amide bonds. The van der Waals surface area contributed by atoms with Gasteiger partial charge < -0.3 is 0 Å². The maximum absolute atomic E-state index is 4.89. The first kappa shape index (κ1) is 13.1. The van der Waals surface area contributed by atoms with Gasteiger partial charge in [-0.05, 0) is 18.8 Å². The van der Waals surface area contributed by atoms with Crippen LogP contribution in [-0.4, -0.2) is 4.98 Å². The average Bonchev–Trinajstić information content (AvgIpc) is 2.78. The predicted octanol–water partition coefficient (Wildman–Crippen LogP) is 5.12. The number of hydrogen-bond donors (Lipinski definition) is 0. The highest BCUT2D eigenvalue weighted by Crippen LogP contribution is 2.39. The largest absolute Gasteiger partial charge is 0.245 e. The van der Waals surface area contributed by atoms with E-state index in [1.165, 1.54) is 42.8 Å². The minimum Gasteiger partial charge on any atom is -0.245 e. The Morgan fingerprint density at radius 2 is 2.12 bits per heavy atom. The third-order valence-electron chi connectivity index (χ3n) is 4.00. The van der Waals surface area contributed by atoms with E-state index >= 15 is 0 Å². The topological polar surface area (TPSA) is 12.9 Å². The first-order valence-electron chi connectivity index (χ1n) is 6.96. The summed E-state index contributed by atoms with van der Waals surface area (Å²) in [5.41, 5.74) is 1.48. The minimum absolute atomic E-state index is 0.202. The standard InChI is InChI=1S/C15H25NS/c1-5-11-7-6-8-12(9-11)14-16-13(10-17-14)15(2,3)4/h10-12H,5-9H2,1-4H3. The predicted molar refractivity (Wildman–Crippen MR) is 75.8 cm³/mol. The molecule has 0 N–H and O–H groups in total. The first-order valence-corrected chi connectivity index (χ1v) is 7.84. The van der Waals surface area contributed by atoms with Gasteiger partial charge in [0.1, 0.15) is 0 Å². The van der Waals surface area contributed by atoms with Crippen molar-refractivity contribution in [3.8, 4) is 0 Å². The zero-order valence-electron chi connectivity index (χ0n) is 11.6. The highest BCUT2D eigenvalue weighted by atomic mass is 32.1. The van der Waals surface area contributed by atoms with E-state index < -0.39 is 0 Å². The van der Waals surface area contributed by atoms with Crippen LogP contribution in [0.2, 0.25) is 0 Å². The summed E-state index contributed by atoms with van der Waals surface area (Å²) in [5, 5.41) is 3.67. The number of thiazole rings is 1. The lowest BCUT2D eigenvalue weighted by Gasteiger charge is -2.27. The second-order valence-corrected chi connectivity index (χ2v) is 7.35.